The molecule has 1 fully saturated rings. The molecule has 0 unspecified atom stereocenters. The summed E-state index contributed by atoms with van der Waals surface area (Å²) in [5.74, 6) is 2.50. The second-order valence-electron chi connectivity index (χ2n) is 5.42. The van der Waals surface area contributed by atoms with Crippen LogP contribution in [0.3, 0.4) is 0 Å². The van der Waals surface area contributed by atoms with Gasteiger partial charge in [0.25, 0.3) is 0 Å². The number of ether oxygens (including phenoxy) is 1. The predicted molar refractivity (Wildman–Crippen MR) is 71.2 cm³/mol. The van der Waals surface area contributed by atoms with Crippen LogP contribution in [0.25, 0.3) is 0 Å². The average Bonchev–Trinajstić information content (AvgIpc) is 3.12. The number of benzene rings is 1. The molecule has 0 saturated heterocycles. The Morgan fingerprint density at radius 2 is 1.94 bits per heavy atom. The average molecular weight is 233 g/mol. The molecule has 17 heavy (non-hydrogen) atoms. The molecule has 1 aliphatic rings. The van der Waals surface area contributed by atoms with Crippen LogP contribution in [0.5, 0.6) is 5.75 Å². The molecule has 1 aliphatic carbocycles. The van der Waals surface area contributed by atoms with Crippen molar-refractivity contribution in [1.82, 2.24) is 5.32 Å². The summed E-state index contributed by atoms with van der Waals surface area (Å²) in [6.45, 7) is 7.26. The molecule has 2 nitrogen and oxygen atoms in total. The van der Waals surface area contributed by atoms with Crippen LogP contribution < -0.4 is 10.1 Å². The molecule has 1 aromatic carbocycles. The SMILES string of the molecule is CC(C)COc1ccc(CNCC2CC2)cc1. The van der Waals surface area contributed by atoms with Crippen LogP contribution in [0.1, 0.15) is 32.3 Å². The first-order chi connectivity index (χ1) is 8.24. The zero-order chi connectivity index (χ0) is 12.1. The van der Waals surface area contributed by atoms with Crippen molar-refractivity contribution in [2.45, 2.75) is 33.2 Å². The standard InChI is InChI=1S/C15H23NO/c1-12(2)11-17-15-7-5-14(6-8-15)10-16-9-13-3-4-13/h5-8,12-13,16H,3-4,9-11H2,1-2H3. The monoisotopic (exact) mass is 233 g/mol. The molecule has 0 aliphatic heterocycles. The van der Waals surface area contributed by atoms with Crippen LogP contribution in [-0.4, -0.2) is 13.2 Å². The highest BCUT2D eigenvalue weighted by Gasteiger charge is 2.19. The maximum atomic E-state index is 5.65. The molecule has 94 valence electrons. The van der Waals surface area contributed by atoms with Crippen molar-refractivity contribution in [3.05, 3.63) is 29.8 Å². The lowest BCUT2D eigenvalue weighted by Crippen LogP contribution is -2.15. The van der Waals surface area contributed by atoms with Gasteiger partial charge in [-0.3, -0.25) is 0 Å². The topological polar surface area (TPSA) is 21.3 Å². The van der Waals surface area contributed by atoms with Gasteiger partial charge >= 0.3 is 0 Å². The third-order valence-electron chi connectivity index (χ3n) is 2.97. The van der Waals surface area contributed by atoms with E-state index in [1.807, 2.05) is 0 Å². The van der Waals surface area contributed by atoms with E-state index in [1.54, 1.807) is 0 Å². The summed E-state index contributed by atoms with van der Waals surface area (Å²) >= 11 is 0. The van der Waals surface area contributed by atoms with Crippen molar-refractivity contribution >= 4 is 0 Å². The van der Waals surface area contributed by atoms with E-state index in [1.165, 1.54) is 24.9 Å². The van der Waals surface area contributed by atoms with Gasteiger partial charge in [-0.05, 0) is 48.9 Å². The van der Waals surface area contributed by atoms with E-state index in [0.717, 1.165) is 24.8 Å². The summed E-state index contributed by atoms with van der Waals surface area (Å²) in [6.07, 6.45) is 2.82. The van der Waals surface area contributed by atoms with Gasteiger partial charge in [0.15, 0.2) is 0 Å². The molecule has 0 spiro atoms. The zero-order valence-electron chi connectivity index (χ0n) is 10.9. The molecule has 1 aromatic rings. The Morgan fingerprint density at radius 3 is 2.53 bits per heavy atom. The lowest BCUT2D eigenvalue weighted by Gasteiger charge is -2.09. The minimum atomic E-state index is 0.579. The molecule has 0 amide bonds. The Bertz CT molecular complexity index is 327. The number of hydrogen-bond acceptors (Lipinski definition) is 2. The van der Waals surface area contributed by atoms with Crippen LogP contribution in [0.15, 0.2) is 24.3 Å². The van der Waals surface area contributed by atoms with E-state index >= 15 is 0 Å². The largest absolute Gasteiger partial charge is 0.493 e. The van der Waals surface area contributed by atoms with Crippen LogP contribution >= 0.6 is 0 Å². The van der Waals surface area contributed by atoms with Gasteiger partial charge in [-0.15, -0.1) is 0 Å². The number of rotatable bonds is 7. The maximum Gasteiger partial charge on any atom is 0.119 e. The summed E-state index contributed by atoms with van der Waals surface area (Å²) in [6, 6.07) is 8.43. The molecule has 0 bridgehead atoms. The van der Waals surface area contributed by atoms with Crippen LogP contribution in [0.4, 0.5) is 0 Å². The van der Waals surface area contributed by atoms with Crippen molar-refractivity contribution in [3.63, 3.8) is 0 Å². The smallest absolute Gasteiger partial charge is 0.119 e. The number of nitrogens with one attached hydrogen (secondary N) is 1. The predicted octanol–water partition coefficient (Wildman–Crippen LogP) is 3.22. The summed E-state index contributed by atoms with van der Waals surface area (Å²) in [4.78, 5) is 0. The minimum Gasteiger partial charge on any atom is -0.493 e. The van der Waals surface area contributed by atoms with Crippen LogP contribution in [0.2, 0.25) is 0 Å². The van der Waals surface area contributed by atoms with E-state index in [2.05, 4.69) is 43.4 Å². The van der Waals surface area contributed by atoms with Crippen LogP contribution in [0, 0.1) is 11.8 Å². The Morgan fingerprint density at radius 1 is 1.24 bits per heavy atom. The van der Waals surface area contributed by atoms with Gasteiger partial charge < -0.3 is 10.1 Å². The zero-order valence-corrected chi connectivity index (χ0v) is 10.9. The quantitative estimate of drug-likeness (QED) is 0.780. The fourth-order valence-corrected chi connectivity index (χ4v) is 1.71. The minimum absolute atomic E-state index is 0.579. The lowest BCUT2D eigenvalue weighted by atomic mass is 10.2. The third-order valence-corrected chi connectivity index (χ3v) is 2.97. The molecule has 2 rings (SSSR count). The Balaban J connectivity index is 1.71. The number of hydrogen-bond donors (Lipinski definition) is 1. The van der Waals surface area contributed by atoms with Crippen molar-refractivity contribution in [3.8, 4) is 5.75 Å². The normalized spacial score (nSPS) is 15.2. The molecule has 2 heteroatoms. The van der Waals surface area contributed by atoms with Gasteiger partial charge in [-0.1, -0.05) is 26.0 Å². The van der Waals surface area contributed by atoms with Gasteiger partial charge in [-0.25, -0.2) is 0 Å². The van der Waals surface area contributed by atoms with Crippen molar-refractivity contribution in [1.29, 1.82) is 0 Å². The van der Waals surface area contributed by atoms with Gasteiger partial charge in [0.05, 0.1) is 6.61 Å². The maximum absolute atomic E-state index is 5.65. The Kier molecular flexibility index (Phi) is 4.43. The summed E-state index contributed by atoms with van der Waals surface area (Å²) < 4.78 is 5.65. The molecule has 1 saturated carbocycles. The second-order valence-corrected chi connectivity index (χ2v) is 5.42. The molecule has 0 atom stereocenters. The van der Waals surface area contributed by atoms with E-state index in [-0.39, 0.29) is 0 Å². The van der Waals surface area contributed by atoms with Gasteiger partial charge in [0, 0.05) is 6.54 Å². The van der Waals surface area contributed by atoms with E-state index in [0.29, 0.717) is 5.92 Å². The third kappa shape index (κ3) is 4.78. The van der Waals surface area contributed by atoms with Crippen molar-refractivity contribution in [2.24, 2.45) is 11.8 Å². The molecule has 0 radical (unpaired) electrons. The van der Waals surface area contributed by atoms with Gasteiger partial charge in [0.2, 0.25) is 0 Å². The Labute approximate surface area is 104 Å². The lowest BCUT2D eigenvalue weighted by molar-refractivity contribution is 0.271. The first-order valence-corrected chi connectivity index (χ1v) is 6.66. The Hall–Kier alpha value is -1.02. The van der Waals surface area contributed by atoms with E-state index in [4.69, 9.17) is 4.74 Å². The first-order valence-electron chi connectivity index (χ1n) is 6.66. The van der Waals surface area contributed by atoms with E-state index < -0.39 is 0 Å². The van der Waals surface area contributed by atoms with Gasteiger partial charge in [0.1, 0.15) is 5.75 Å². The van der Waals surface area contributed by atoms with Gasteiger partial charge in [-0.2, -0.15) is 0 Å². The molecule has 0 heterocycles. The highest BCUT2D eigenvalue weighted by molar-refractivity contribution is 5.27. The van der Waals surface area contributed by atoms with Crippen molar-refractivity contribution in [2.75, 3.05) is 13.2 Å². The fourth-order valence-electron chi connectivity index (χ4n) is 1.71. The molecular weight excluding hydrogens is 210 g/mol. The van der Waals surface area contributed by atoms with E-state index in [9.17, 15) is 0 Å². The highest BCUT2D eigenvalue weighted by Crippen LogP contribution is 2.27. The summed E-state index contributed by atoms with van der Waals surface area (Å²) in [5, 5.41) is 3.49. The fraction of sp³-hybridized carbons (Fsp3) is 0.600. The molecule has 0 aromatic heterocycles. The summed E-state index contributed by atoms with van der Waals surface area (Å²) in [7, 11) is 0. The molecular formula is C15H23NO. The van der Waals surface area contributed by atoms with Crippen LogP contribution in [-0.2, 0) is 6.54 Å². The molecule has 1 N–H and O–H groups in total. The first kappa shape index (κ1) is 12.4. The van der Waals surface area contributed by atoms with Crippen molar-refractivity contribution < 1.29 is 4.74 Å². The highest BCUT2D eigenvalue weighted by atomic mass is 16.5. The summed E-state index contributed by atoms with van der Waals surface area (Å²) in [5.41, 5.74) is 1.34. The second kappa shape index (κ2) is 6.06.